The van der Waals surface area contributed by atoms with Crippen molar-refractivity contribution in [2.24, 2.45) is 0 Å². The Hall–Kier alpha value is -1.84. The molecular weight excluding hydrogens is 370 g/mol. The molecule has 0 unspecified atom stereocenters. The molecule has 2 aromatic carbocycles. The number of ether oxygens (including phenoxy) is 1. The number of aliphatic hydroxyl groups is 1. The lowest BCUT2D eigenvalue weighted by Gasteiger charge is -2.55. The zero-order valence-corrected chi connectivity index (χ0v) is 18.7. The molecule has 2 aliphatic rings. The highest BCUT2D eigenvalue weighted by molar-refractivity contribution is 5.46. The predicted octanol–water partition coefficient (Wildman–Crippen LogP) is 5.49. The van der Waals surface area contributed by atoms with Crippen molar-refractivity contribution in [3.05, 3.63) is 65.2 Å². The average molecular weight is 408 g/mol. The Bertz CT molecular complexity index is 832. The van der Waals surface area contributed by atoms with Crippen LogP contribution in [0.4, 0.5) is 0 Å². The van der Waals surface area contributed by atoms with Crippen LogP contribution in [0.3, 0.4) is 0 Å². The minimum absolute atomic E-state index is 0.145. The second kappa shape index (κ2) is 9.11. The Balaban J connectivity index is 1.64. The molecule has 0 bridgehead atoms. The van der Waals surface area contributed by atoms with Crippen molar-refractivity contribution in [1.29, 1.82) is 0 Å². The molecule has 4 rings (SSSR count). The largest absolute Gasteiger partial charge is 0.489 e. The van der Waals surface area contributed by atoms with Crippen molar-refractivity contribution in [3.8, 4) is 5.75 Å². The molecule has 0 aromatic heterocycles. The SMILES string of the molecule is CCN(CC)CC[C@@]12CCCC[C@]1(O)CCc1ccc(OCc3ccccc3)cc12. The molecule has 2 aliphatic carbocycles. The van der Waals surface area contributed by atoms with Crippen molar-refractivity contribution in [2.45, 2.75) is 76.4 Å². The van der Waals surface area contributed by atoms with E-state index < -0.39 is 5.60 Å². The van der Waals surface area contributed by atoms with Gasteiger partial charge in [-0.3, -0.25) is 0 Å². The minimum Gasteiger partial charge on any atom is -0.489 e. The van der Waals surface area contributed by atoms with E-state index in [1.54, 1.807) is 0 Å². The van der Waals surface area contributed by atoms with E-state index in [0.29, 0.717) is 6.61 Å². The van der Waals surface area contributed by atoms with Crippen LogP contribution in [0.2, 0.25) is 0 Å². The fourth-order valence-corrected chi connectivity index (χ4v) is 5.84. The molecule has 2 aromatic rings. The Morgan fingerprint density at radius 2 is 1.73 bits per heavy atom. The van der Waals surface area contributed by atoms with Crippen LogP contribution in [0.15, 0.2) is 48.5 Å². The molecule has 162 valence electrons. The molecule has 1 N–H and O–H groups in total. The number of aryl methyl sites for hydroxylation is 1. The lowest BCUT2D eigenvalue weighted by molar-refractivity contribution is -0.0894. The summed E-state index contributed by atoms with van der Waals surface area (Å²) in [4.78, 5) is 2.49. The maximum Gasteiger partial charge on any atom is 0.120 e. The first-order chi connectivity index (χ1) is 14.6. The van der Waals surface area contributed by atoms with Gasteiger partial charge in [0.25, 0.3) is 0 Å². The fraction of sp³-hybridized carbons (Fsp3) is 0.556. The summed E-state index contributed by atoms with van der Waals surface area (Å²) in [5, 5.41) is 11.9. The summed E-state index contributed by atoms with van der Waals surface area (Å²) in [6.45, 7) is 8.23. The summed E-state index contributed by atoms with van der Waals surface area (Å²) in [6, 6.07) is 17.0. The number of hydrogen-bond donors (Lipinski definition) is 1. The first-order valence-corrected chi connectivity index (χ1v) is 11.8. The van der Waals surface area contributed by atoms with Gasteiger partial charge in [0.05, 0.1) is 5.60 Å². The first-order valence-electron chi connectivity index (χ1n) is 11.8. The van der Waals surface area contributed by atoms with Gasteiger partial charge in [0.2, 0.25) is 0 Å². The molecule has 0 saturated heterocycles. The van der Waals surface area contributed by atoms with Gasteiger partial charge in [0.1, 0.15) is 12.4 Å². The Kier molecular flexibility index (Phi) is 6.50. The topological polar surface area (TPSA) is 32.7 Å². The highest BCUT2D eigenvalue weighted by atomic mass is 16.5. The van der Waals surface area contributed by atoms with Crippen molar-refractivity contribution in [1.82, 2.24) is 4.90 Å². The van der Waals surface area contributed by atoms with E-state index in [2.05, 4.69) is 61.2 Å². The van der Waals surface area contributed by atoms with Crippen LogP contribution < -0.4 is 4.74 Å². The summed E-state index contributed by atoms with van der Waals surface area (Å²) in [5.74, 6) is 0.926. The molecule has 0 spiro atoms. The van der Waals surface area contributed by atoms with E-state index in [4.69, 9.17) is 4.74 Å². The summed E-state index contributed by atoms with van der Waals surface area (Å²) >= 11 is 0. The molecule has 1 saturated carbocycles. The van der Waals surface area contributed by atoms with E-state index in [0.717, 1.165) is 63.9 Å². The van der Waals surface area contributed by atoms with Gasteiger partial charge in [-0.2, -0.15) is 0 Å². The van der Waals surface area contributed by atoms with Crippen LogP contribution >= 0.6 is 0 Å². The highest BCUT2D eigenvalue weighted by Gasteiger charge is 2.54. The van der Waals surface area contributed by atoms with E-state index in [9.17, 15) is 5.11 Å². The van der Waals surface area contributed by atoms with Gasteiger partial charge in [0, 0.05) is 5.41 Å². The summed E-state index contributed by atoms with van der Waals surface area (Å²) in [5.41, 5.74) is 3.22. The van der Waals surface area contributed by atoms with E-state index in [-0.39, 0.29) is 5.41 Å². The Morgan fingerprint density at radius 1 is 0.967 bits per heavy atom. The van der Waals surface area contributed by atoms with Crippen molar-refractivity contribution in [3.63, 3.8) is 0 Å². The Morgan fingerprint density at radius 3 is 2.50 bits per heavy atom. The third kappa shape index (κ3) is 4.02. The van der Waals surface area contributed by atoms with Crippen LogP contribution in [-0.2, 0) is 18.4 Å². The van der Waals surface area contributed by atoms with Crippen molar-refractivity contribution >= 4 is 0 Å². The van der Waals surface area contributed by atoms with Crippen LogP contribution in [0.5, 0.6) is 5.75 Å². The molecular formula is C27H37NO2. The van der Waals surface area contributed by atoms with Crippen LogP contribution in [0.1, 0.15) is 69.1 Å². The van der Waals surface area contributed by atoms with Gasteiger partial charge in [-0.15, -0.1) is 0 Å². The highest BCUT2D eigenvalue weighted by Crippen LogP contribution is 2.55. The van der Waals surface area contributed by atoms with Gasteiger partial charge < -0.3 is 14.7 Å². The lowest BCUT2D eigenvalue weighted by Crippen LogP contribution is -2.57. The van der Waals surface area contributed by atoms with E-state index >= 15 is 0 Å². The maximum absolute atomic E-state index is 11.9. The third-order valence-electron chi connectivity index (χ3n) is 7.74. The predicted molar refractivity (Wildman–Crippen MR) is 123 cm³/mol. The van der Waals surface area contributed by atoms with Gasteiger partial charge >= 0.3 is 0 Å². The van der Waals surface area contributed by atoms with Crippen LogP contribution in [0, 0.1) is 0 Å². The third-order valence-corrected chi connectivity index (χ3v) is 7.74. The second-order valence-electron chi connectivity index (χ2n) is 9.19. The molecule has 0 radical (unpaired) electrons. The van der Waals surface area contributed by atoms with Crippen molar-refractivity contribution < 1.29 is 9.84 Å². The number of benzene rings is 2. The molecule has 30 heavy (non-hydrogen) atoms. The zero-order valence-electron chi connectivity index (χ0n) is 18.7. The number of nitrogens with zero attached hydrogens (tertiary/aromatic N) is 1. The molecule has 2 atom stereocenters. The smallest absolute Gasteiger partial charge is 0.120 e. The van der Waals surface area contributed by atoms with Crippen LogP contribution in [-0.4, -0.2) is 35.2 Å². The standard InChI is InChI=1S/C27H37NO2/c1-3-28(4-2)19-18-26-15-8-9-16-27(26,29)17-14-23-12-13-24(20-25(23)26)30-21-22-10-6-5-7-11-22/h5-7,10-13,20,29H,3-4,8-9,14-19,21H2,1-2H3/t26-,27+/m1/s1. The average Bonchev–Trinajstić information content (AvgIpc) is 2.79. The molecule has 3 heteroatoms. The van der Waals surface area contributed by atoms with Crippen molar-refractivity contribution in [2.75, 3.05) is 19.6 Å². The van der Waals surface area contributed by atoms with Gasteiger partial charge in [-0.25, -0.2) is 0 Å². The normalized spacial score (nSPS) is 25.6. The number of rotatable bonds is 8. The monoisotopic (exact) mass is 407 g/mol. The van der Waals surface area contributed by atoms with Crippen LogP contribution in [0.25, 0.3) is 0 Å². The van der Waals surface area contributed by atoms with Gasteiger partial charge in [0.15, 0.2) is 0 Å². The quantitative estimate of drug-likeness (QED) is 0.628. The molecule has 3 nitrogen and oxygen atoms in total. The fourth-order valence-electron chi connectivity index (χ4n) is 5.84. The minimum atomic E-state index is -0.580. The van der Waals surface area contributed by atoms with Gasteiger partial charge in [-0.1, -0.05) is 63.1 Å². The molecule has 0 heterocycles. The summed E-state index contributed by atoms with van der Waals surface area (Å²) in [6.07, 6.45) is 7.25. The maximum atomic E-state index is 11.9. The summed E-state index contributed by atoms with van der Waals surface area (Å²) in [7, 11) is 0. The molecule has 0 amide bonds. The first kappa shape index (κ1) is 21.4. The molecule has 1 fully saturated rings. The molecule has 0 aliphatic heterocycles. The Labute approximate surface area is 182 Å². The van der Waals surface area contributed by atoms with Gasteiger partial charge in [-0.05, 0) is 80.6 Å². The summed E-state index contributed by atoms with van der Waals surface area (Å²) < 4.78 is 6.19. The van der Waals surface area contributed by atoms with E-state index in [1.807, 2.05) is 6.07 Å². The number of fused-ring (bicyclic) bond motifs is 3. The van der Waals surface area contributed by atoms with E-state index in [1.165, 1.54) is 23.1 Å². The lowest BCUT2D eigenvalue weighted by atomic mass is 9.53. The zero-order chi connectivity index (χ0) is 21.0. The second-order valence-corrected chi connectivity index (χ2v) is 9.19. The number of hydrogen-bond acceptors (Lipinski definition) is 3.